The maximum Gasteiger partial charge on any atom is 0.257 e. The van der Waals surface area contributed by atoms with Crippen molar-refractivity contribution < 1.29 is 17.9 Å². The molecule has 0 saturated heterocycles. The maximum absolute atomic E-state index is 12.5. The molecule has 174 valence electrons. The molecule has 0 saturated carbocycles. The Hall–Kier alpha value is -2.01. The fraction of sp³-hybridized carbons (Fsp3) is 0.364. The van der Waals surface area contributed by atoms with Gasteiger partial charge in [0.2, 0.25) is 10.0 Å². The van der Waals surface area contributed by atoms with E-state index >= 15 is 0 Å². The van der Waals surface area contributed by atoms with Crippen LogP contribution < -0.4 is 20.1 Å². The molecule has 0 unspecified atom stereocenters. The fourth-order valence-electron chi connectivity index (χ4n) is 2.53. The molecule has 3 N–H and O–H groups in total. The van der Waals surface area contributed by atoms with E-state index in [9.17, 15) is 13.2 Å². The topological polar surface area (TPSA) is 96.5 Å². The summed E-state index contributed by atoms with van der Waals surface area (Å²) < 4.78 is 33.7. The summed E-state index contributed by atoms with van der Waals surface area (Å²) in [5.41, 5.74) is 0.367. The van der Waals surface area contributed by atoms with Crippen LogP contribution in [-0.2, 0) is 10.0 Å². The van der Waals surface area contributed by atoms with E-state index in [-0.39, 0.29) is 15.9 Å². The van der Waals surface area contributed by atoms with Crippen LogP contribution in [0.4, 0.5) is 5.69 Å². The number of hydrogen-bond donors (Lipinski definition) is 3. The molecule has 0 aromatic heterocycles. The van der Waals surface area contributed by atoms with Gasteiger partial charge >= 0.3 is 0 Å². The number of carbonyl (C=O) groups is 1. The molecule has 0 radical (unpaired) electrons. The van der Waals surface area contributed by atoms with E-state index in [0.717, 1.165) is 0 Å². The molecular weight excluding hydrogens is 514 g/mol. The molecular formula is C22H28BrN3O4S2. The predicted molar refractivity (Wildman–Crippen MR) is 135 cm³/mol. The van der Waals surface area contributed by atoms with Crippen molar-refractivity contribution in [1.29, 1.82) is 0 Å². The SMILES string of the molecule is CC(C)COc1ccc(C(=O)NC(=S)Nc2ccc(S(=O)(=O)NC(C)(C)C)cc2)cc1Br. The number of benzene rings is 2. The standard InChI is InChI=1S/C22H28BrN3O4S2/c1-14(2)13-30-19-11-6-15(12-18(19)23)20(27)25-21(31)24-16-7-9-17(10-8-16)32(28,29)26-22(3,4)5/h6-12,14,26H,13H2,1-5H3,(H2,24,25,27,31). The van der Waals surface area contributed by atoms with Crippen molar-refractivity contribution in [1.82, 2.24) is 10.0 Å². The van der Waals surface area contributed by atoms with E-state index in [1.807, 2.05) is 0 Å². The Balaban J connectivity index is 1.99. The monoisotopic (exact) mass is 541 g/mol. The van der Waals surface area contributed by atoms with E-state index in [2.05, 4.69) is 45.1 Å². The summed E-state index contributed by atoms with van der Waals surface area (Å²) in [5, 5.41) is 5.58. The number of sulfonamides is 1. The van der Waals surface area contributed by atoms with Crippen LogP contribution in [0.5, 0.6) is 5.75 Å². The Morgan fingerprint density at radius 1 is 1.12 bits per heavy atom. The lowest BCUT2D eigenvalue weighted by Crippen LogP contribution is -2.40. The van der Waals surface area contributed by atoms with Crippen molar-refractivity contribution >= 4 is 54.9 Å². The molecule has 0 aliphatic heterocycles. The lowest BCUT2D eigenvalue weighted by Gasteiger charge is -2.20. The second-order valence-electron chi connectivity index (χ2n) is 8.64. The van der Waals surface area contributed by atoms with Gasteiger partial charge in [0.05, 0.1) is 16.0 Å². The Morgan fingerprint density at radius 3 is 2.28 bits per heavy atom. The molecule has 0 bridgehead atoms. The highest BCUT2D eigenvalue weighted by atomic mass is 79.9. The van der Waals surface area contributed by atoms with Crippen molar-refractivity contribution in [2.45, 2.75) is 45.1 Å². The summed E-state index contributed by atoms with van der Waals surface area (Å²) in [4.78, 5) is 12.6. The molecule has 0 heterocycles. The molecule has 1 amide bonds. The van der Waals surface area contributed by atoms with Gasteiger partial charge in [-0.15, -0.1) is 0 Å². The normalized spacial score (nSPS) is 11.8. The number of amides is 1. The van der Waals surface area contributed by atoms with Crippen LogP contribution in [0.2, 0.25) is 0 Å². The van der Waals surface area contributed by atoms with Gasteiger partial charge in [-0.3, -0.25) is 10.1 Å². The number of anilines is 1. The van der Waals surface area contributed by atoms with Crippen LogP contribution in [0.25, 0.3) is 0 Å². The smallest absolute Gasteiger partial charge is 0.257 e. The molecule has 7 nitrogen and oxygen atoms in total. The lowest BCUT2D eigenvalue weighted by molar-refractivity contribution is 0.0977. The minimum Gasteiger partial charge on any atom is -0.492 e. The van der Waals surface area contributed by atoms with Crippen molar-refractivity contribution in [2.24, 2.45) is 5.92 Å². The lowest BCUT2D eigenvalue weighted by atomic mass is 10.1. The quantitative estimate of drug-likeness (QED) is 0.440. The van der Waals surface area contributed by atoms with E-state index in [4.69, 9.17) is 17.0 Å². The van der Waals surface area contributed by atoms with Crippen molar-refractivity contribution in [3.05, 3.63) is 52.5 Å². The van der Waals surface area contributed by atoms with Gasteiger partial charge in [0.1, 0.15) is 5.75 Å². The zero-order valence-corrected chi connectivity index (χ0v) is 21.9. The van der Waals surface area contributed by atoms with Crippen LogP contribution in [0.15, 0.2) is 51.8 Å². The van der Waals surface area contributed by atoms with E-state index in [1.54, 1.807) is 51.1 Å². The average molecular weight is 543 g/mol. The van der Waals surface area contributed by atoms with Crippen molar-refractivity contribution in [3.63, 3.8) is 0 Å². The van der Waals surface area contributed by atoms with Gasteiger partial charge in [0.25, 0.3) is 5.91 Å². The maximum atomic E-state index is 12.5. The van der Waals surface area contributed by atoms with Crippen LogP contribution in [0, 0.1) is 5.92 Å². The number of nitrogens with one attached hydrogen (secondary N) is 3. The highest BCUT2D eigenvalue weighted by molar-refractivity contribution is 9.10. The van der Waals surface area contributed by atoms with E-state index in [1.165, 1.54) is 12.1 Å². The summed E-state index contributed by atoms with van der Waals surface area (Å²) >= 11 is 8.63. The third-order valence-electron chi connectivity index (χ3n) is 3.86. The molecule has 32 heavy (non-hydrogen) atoms. The summed E-state index contributed by atoms with van der Waals surface area (Å²) in [7, 11) is -3.63. The van der Waals surface area contributed by atoms with Crippen LogP contribution in [0.3, 0.4) is 0 Å². The number of ether oxygens (including phenoxy) is 1. The molecule has 2 aromatic carbocycles. The third kappa shape index (κ3) is 8.16. The van der Waals surface area contributed by atoms with Crippen LogP contribution in [-0.4, -0.2) is 31.6 Å². The second kappa shape index (κ2) is 10.7. The minimum atomic E-state index is -3.63. The Morgan fingerprint density at radius 2 is 1.75 bits per heavy atom. The summed E-state index contributed by atoms with van der Waals surface area (Å²) in [6.45, 7) is 9.99. The Kier molecular flexibility index (Phi) is 8.81. The minimum absolute atomic E-state index is 0.0923. The van der Waals surface area contributed by atoms with Crippen molar-refractivity contribution in [2.75, 3.05) is 11.9 Å². The molecule has 0 spiro atoms. The average Bonchev–Trinajstić information content (AvgIpc) is 2.65. The first-order valence-corrected chi connectivity index (χ1v) is 12.6. The van der Waals surface area contributed by atoms with Crippen LogP contribution >= 0.6 is 28.1 Å². The first-order valence-electron chi connectivity index (χ1n) is 9.95. The summed E-state index contributed by atoms with van der Waals surface area (Å²) in [6, 6.07) is 11.1. The number of thiocarbonyl (C=S) groups is 1. The first kappa shape index (κ1) is 26.2. The number of rotatable bonds is 7. The molecule has 0 aliphatic rings. The third-order valence-corrected chi connectivity index (χ3v) is 6.45. The van der Waals surface area contributed by atoms with E-state index < -0.39 is 15.6 Å². The number of hydrogen-bond acceptors (Lipinski definition) is 5. The molecule has 0 fully saturated rings. The van der Waals surface area contributed by atoms with Gasteiger partial charge < -0.3 is 10.1 Å². The predicted octanol–water partition coefficient (Wildman–Crippen LogP) is 4.69. The number of halogens is 1. The highest BCUT2D eigenvalue weighted by Crippen LogP contribution is 2.26. The molecule has 10 heteroatoms. The zero-order valence-electron chi connectivity index (χ0n) is 18.7. The molecule has 2 aromatic rings. The van der Waals surface area contributed by atoms with Gasteiger partial charge in [0, 0.05) is 16.8 Å². The van der Waals surface area contributed by atoms with Gasteiger partial charge in [-0.2, -0.15) is 0 Å². The first-order chi connectivity index (χ1) is 14.8. The second-order valence-corrected chi connectivity index (χ2v) is 11.6. The molecule has 2 rings (SSSR count). The van der Waals surface area contributed by atoms with Gasteiger partial charge in [-0.25, -0.2) is 13.1 Å². The summed E-state index contributed by atoms with van der Waals surface area (Å²) in [5.74, 6) is 0.663. The highest BCUT2D eigenvalue weighted by Gasteiger charge is 2.21. The van der Waals surface area contributed by atoms with Gasteiger partial charge in [-0.05, 0) is 97.3 Å². The van der Waals surface area contributed by atoms with E-state index in [0.29, 0.717) is 34.0 Å². The fourth-order valence-corrected chi connectivity index (χ4v) is 4.65. The van der Waals surface area contributed by atoms with Crippen molar-refractivity contribution in [3.8, 4) is 5.75 Å². The Bertz CT molecular complexity index is 1080. The van der Waals surface area contributed by atoms with Gasteiger partial charge in [0.15, 0.2) is 5.11 Å². The summed E-state index contributed by atoms with van der Waals surface area (Å²) in [6.07, 6.45) is 0. The molecule has 0 aliphatic carbocycles. The molecule has 0 atom stereocenters. The van der Waals surface area contributed by atoms with Crippen LogP contribution in [0.1, 0.15) is 45.0 Å². The van der Waals surface area contributed by atoms with Gasteiger partial charge in [-0.1, -0.05) is 13.8 Å². The largest absolute Gasteiger partial charge is 0.492 e. The number of carbonyl (C=O) groups excluding carboxylic acids is 1. The zero-order chi connectivity index (χ0) is 24.1. The Labute approximate surface area is 203 Å².